The number of rotatable bonds is 9. The first kappa shape index (κ1) is 27.3. The van der Waals surface area contributed by atoms with Crippen LogP contribution in [0.25, 0.3) is 0 Å². The van der Waals surface area contributed by atoms with Crippen molar-refractivity contribution in [2.24, 2.45) is 0 Å². The van der Waals surface area contributed by atoms with E-state index in [0.717, 1.165) is 22.3 Å². The molecule has 1 aliphatic heterocycles. The van der Waals surface area contributed by atoms with Gasteiger partial charge < -0.3 is 20.3 Å². The number of carbonyl (C=O) groups is 3. The largest absolute Gasteiger partial charge is 0.401 e. The van der Waals surface area contributed by atoms with Gasteiger partial charge in [0.1, 0.15) is 18.5 Å². The van der Waals surface area contributed by atoms with E-state index in [1.807, 2.05) is 0 Å². The van der Waals surface area contributed by atoms with Gasteiger partial charge in [-0.15, -0.1) is 11.3 Å². The zero-order valence-corrected chi connectivity index (χ0v) is 20.9. The summed E-state index contributed by atoms with van der Waals surface area (Å²) >= 11 is 6.83. The molecule has 0 spiro atoms. The van der Waals surface area contributed by atoms with E-state index in [-0.39, 0.29) is 41.9 Å². The van der Waals surface area contributed by atoms with Crippen LogP contribution >= 0.6 is 22.9 Å². The predicted octanol–water partition coefficient (Wildman–Crippen LogP) is 3.67. The van der Waals surface area contributed by atoms with Crippen LogP contribution in [-0.4, -0.2) is 73.7 Å². The molecule has 1 saturated heterocycles. The molecule has 1 aromatic carbocycles. The van der Waals surface area contributed by atoms with E-state index >= 15 is 0 Å². The molecular weight excluding hydrogens is 540 g/mol. The molecular formula is C23H23ClF4N4O4S. The molecule has 2 fully saturated rings. The first-order valence-corrected chi connectivity index (χ1v) is 12.6. The first-order chi connectivity index (χ1) is 17.5. The summed E-state index contributed by atoms with van der Waals surface area (Å²) in [5.41, 5.74) is -0.00233. The summed E-state index contributed by atoms with van der Waals surface area (Å²) in [5.74, 6) is -2.72. The van der Waals surface area contributed by atoms with Crippen molar-refractivity contribution < 1.29 is 36.7 Å². The van der Waals surface area contributed by atoms with Crippen molar-refractivity contribution in [1.29, 1.82) is 0 Å². The lowest BCUT2D eigenvalue weighted by Gasteiger charge is -2.31. The van der Waals surface area contributed by atoms with Crippen molar-refractivity contribution in [3.05, 3.63) is 45.4 Å². The zero-order chi connectivity index (χ0) is 26.7. The summed E-state index contributed by atoms with van der Waals surface area (Å²) in [5, 5.41) is 4.84. The van der Waals surface area contributed by atoms with Crippen molar-refractivity contribution in [2.45, 2.75) is 31.1 Å². The highest BCUT2D eigenvalue weighted by Gasteiger charge is 2.44. The number of hydrogen-bond donors (Lipinski definition) is 2. The van der Waals surface area contributed by atoms with E-state index in [1.165, 1.54) is 29.2 Å². The lowest BCUT2D eigenvalue weighted by molar-refractivity contribution is -0.155. The molecule has 37 heavy (non-hydrogen) atoms. The fraction of sp³-hybridized carbons (Fsp3) is 0.435. The normalized spacial score (nSPS) is 17.1. The molecule has 2 aromatic rings. The van der Waals surface area contributed by atoms with Crippen molar-refractivity contribution in [3.8, 4) is 0 Å². The van der Waals surface area contributed by atoms with Crippen LogP contribution in [0.2, 0.25) is 4.34 Å². The summed E-state index contributed by atoms with van der Waals surface area (Å²) < 4.78 is 60.3. The minimum absolute atomic E-state index is 0.138. The second-order valence-corrected chi connectivity index (χ2v) is 10.3. The standard InChI is InChI=1S/C23H23ClF4N4O4S/c24-19-6-5-18(37-19)22(35)29-10-17(32(13-1-2-13)12-23(26,27)28)21(34)30-16-4-3-14(9-15(16)25)31-7-8-36-11-20(31)33/h3-6,9,13,17H,1-2,7-8,10-12H2,(H,29,35)(H,30,34)/t17-/m1/s1. The van der Waals surface area contributed by atoms with Crippen LogP contribution in [-0.2, 0) is 14.3 Å². The Balaban J connectivity index is 1.52. The van der Waals surface area contributed by atoms with Gasteiger partial charge >= 0.3 is 6.18 Å². The number of hydrogen-bond acceptors (Lipinski definition) is 6. The molecule has 14 heteroatoms. The van der Waals surface area contributed by atoms with Crippen molar-refractivity contribution in [1.82, 2.24) is 10.2 Å². The van der Waals surface area contributed by atoms with Gasteiger partial charge in [-0.1, -0.05) is 11.6 Å². The number of ether oxygens (including phenoxy) is 1. The van der Waals surface area contributed by atoms with Crippen molar-refractivity contribution >= 4 is 52.0 Å². The number of benzene rings is 1. The summed E-state index contributed by atoms with van der Waals surface area (Å²) in [6, 6.07) is 4.76. The number of nitrogens with one attached hydrogen (secondary N) is 2. The Morgan fingerprint density at radius 3 is 2.59 bits per heavy atom. The van der Waals surface area contributed by atoms with Gasteiger partial charge in [0.25, 0.3) is 11.8 Å². The predicted molar refractivity (Wildman–Crippen MR) is 129 cm³/mol. The Kier molecular flexibility index (Phi) is 8.36. The van der Waals surface area contributed by atoms with E-state index in [2.05, 4.69) is 10.6 Å². The molecule has 1 aliphatic carbocycles. The number of nitrogens with zero attached hydrogens (tertiary/aromatic N) is 2. The van der Waals surface area contributed by atoms with Gasteiger partial charge in [0.2, 0.25) is 5.91 Å². The van der Waals surface area contributed by atoms with E-state index < -0.39 is 49.0 Å². The quantitative estimate of drug-likeness (QED) is 0.455. The Bertz CT molecular complexity index is 1170. The highest BCUT2D eigenvalue weighted by molar-refractivity contribution is 7.18. The fourth-order valence-corrected chi connectivity index (χ4v) is 4.92. The third-order valence-corrected chi connectivity index (χ3v) is 7.07. The molecule has 4 rings (SSSR count). The average Bonchev–Trinajstić information content (AvgIpc) is 3.59. The highest BCUT2D eigenvalue weighted by atomic mass is 35.5. The summed E-state index contributed by atoms with van der Waals surface area (Å²) in [7, 11) is 0. The first-order valence-electron chi connectivity index (χ1n) is 11.4. The Labute approximate surface area is 218 Å². The number of halogens is 5. The molecule has 2 N–H and O–H groups in total. The van der Waals surface area contributed by atoms with Gasteiger partial charge in [-0.2, -0.15) is 13.2 Å². The molecule has 2 aliphatic rings. The Morgan fingerprint density at radius 2 is 2.00 bits per heavy atom. The third kappa shape index (κ3) is 7.18. The molecule has 0 radical (unpaired) electrons. The van der Waals surface area contributed by atoms with Gasteiger partial charge in [0, 0.05) is 24.8 Å². The third-order valence-electron chi connectivity index (χ3n) is 5.84. The maximum atomic E-state index is 14.9. The summed E-state index contributed by atoms with van der Waals surface area (Å²) in [6.45, 7) is -1.42. The van der Waals surface area contributed by atoms with Crippen molar-refractivity contribution in [2.75, 3.05) is 43.1 Å². The monoisotopic (exact) mass is 562 g/mol. The van der Waals surface area contributed by atoms with Gasteiger partial charge in [0.15, 0.2) is 0 Å². The van der Waals surface area contributed by atoms with Gasteiger partial charge in [-0.05, 0) is 43.2 Å². The van der Waals surface area contributed by atoms with Crippen LogP contribution < -0.4 is 15.5 Å². The van der Waals surface area contributed by atoms with Crippen molar-refractivity contribution in [3.63, 3.8) is 0 Å². The molecule has 1 saturated carbocycles. The van der Waals surface area contributed by atoms with Crippen LogP contribution in [0.1, 0.15) is 22.5 Å². The van der Waals surface area contributed by atoms with Crippen LogP contribution in [0.4, 0.5) is 28.9 Å². The topological polar surface area (TPSA) is 91.0 Å². The van der Waals surface area contributed by atoms with E-state index in [9.17, 15) is 31.9 Å². The Morgan fingerprint density at radius 1 is 1.24 bits per heavy atom. The highest BCUT2D eigenvalue weighted by Crippen LogP contribution is 2.32. The number of alkyl halides is 3. The molecule has 200 valence electrons. The molecule has 1 aromatic heterocycles. The number of anilines is 2. The lowest BCUT2D eigenvalue weighted by Crippen LogP contribution is -2.54. The number of amides is 3. The average molecular weight is 563 g/mol. The molecule has 0 bridgehead atoms. The Hall–Kier alpha value is -2.74. The molecule has 0 unspecified atom stereocenters. The van der Waals surface area contributed by atoms with E-state index in [1.54, 1.807) is 0 Å². The summed E-state index contributed by atoms with van der Waals surface area (Å²) in [4.78, 5) is 40.2. The van der Waals surface area contributed by atoms with Crippen LogP contribution in [0.3, 0.4) is 0 Å². The second-order valence-electron chi connectivity index (χ2n) is 8.60. The minimum atomic E-state index is -4.59. The van der Waals surface area contributed by atoms with E-state index in [0.29, 0.717) is 17.2 Å². The number of carbonyl (C=O) groups excluding carboxylic acids is 3. The lowest BCUT2D eigenvalue weighted by atomic mass is 10.1. The van der Waals surface area contributed by atoms with Gasteiger partial charge in [0.05, 0.1) is 28.1 Å². The fourth-order valence-electron chi connectivity index (χ4n) is 3.96. The van der Waals surface area contributed by atoms with Gasteiger partial charge in [-0.25, -0.2) is 4.39 Å². The maximum absolute atomic E-state index is 14.9. The SMILES string of the molecule is O=C(NC[C@H](C(=O)Nc1ccc(N2CCOCC2=O)cc1F)N(CC(F)(F)F)C1CC1)c1ccc(Cl)s1. The maximum Gasteiger partial charge on any atom is 0.401 e. The van der Waals surface area contributed by atoms with E-state index in [4.69, 9.17) is 16.3 Å². The van der Waals surface area contributed by atoms with Crippen LogP contribution in [0.5, 0.6) is 0 Å². The smallest absolute Gasteiger partial charge is 0.370 e. The molecule has 2 heterocycles. The molecule has 3 amide bonds. The van der Waals surface area contributed by atoms with Crippen LogP contribution in [0, 0.1) is 5.82 Å². The van der Waals surface area contributed by atoms with Gasteiger partial charge in [-0.3, -0.25) is 19.3 Å². The minimum Gasteiger partial charge on any atom is -0.370 e. The van der Waals surface area contributed by atoms with Crippen LogP contribution in [0.15, 0.2) is 30.3 Å². The summed E-state index contributed by atoms with van der Waals surface area (Å²) in [6.07, 6.45) is -3.67. The number of morpholine rings is 1. The molecule has 8 nitrogen and oxygen atoms in total. The second kappa shape index (κ2) is 11.3. The molecule has 1 atom stereocenters. The number of thiophene rings is 1. The zero-order valence-electron chi connectivity index (χ0n) is 19.3.